The Bertz CT molecular complexity index is 3240. The maximum absolute atomic E-state index is 12.2. The van der Waals surface area contributed by atoms with Crippen LogP contribution >= 0.6 is 69.3 Å². The summed E-state index contributed by atoms with van der Waals surface area (Å²) in [5.41, 5.74) is -0.328. The van der Waals surface area contributed by atoms with Gasteiger partial charge < -0.3 is 9.47 Å². The van der Waals surface area contributed by atoms with Crippen LogP contribution in [0.3, 0.4) is 0 Å². The molecule has 0 saturated carbocycles. The second-order valence-corrected chi connectivity index (χ2v) is 21.8. The summed E-state index contributed by atoms with van der Waals surface area (Å²) in [7, 11) is 0. The summed E-state index contributed by atoms with van der Waals surface area (Å²) in [6, 6.07) is 58.4. The third-order valence-corrected chi connectivity index (χ3v) is 19.7. The van der Waals surface area contributed by atoms with Gasteiger partial charge in [-0.25, -0.2) is 4.79 Å². The van der Waals surface area contributed by atoms with Gasteiger partial charge in [0, 0.05) is 109 Å². The van der Waals surface area contributed by atoms with Gasteiger partial charge in [-0.3, -0.25) is 0 Å². The maximum atomic E-state index is 12.2. The first-order valence-corrected chi connectivity index (χ1v) is 26.0. The van der Waals surface area contributed by atoms with Crippen LogP contribution in [0.1, 0.15) is 0 Å². The van der Waals surface area contributed by atoms with Crippen molar-refractivity contribution in [2.24, 2.45) is 5.41 Å². The number of esters is 1. The van der Waals surface area contributed by atoms with Gasteiger partial charge in [0.1, 0.15) is 11.5 Å². The summed E-state index contributed by atoms with van der Waals surface area (Å²) in [4.78, 5) is 16.1. The number of fused-ring (bicyclic) bond motifs is 10. The monoisotopic (exact) mass is 926 g/mol. The minimum atomic E-state index is -0.492. The van der Waals surface area contributed by atoms with Gasteiger partial charge >= 0.3 is 5.97 Å². The number of thioether (sulfide) groups is 3. The molecular weight excluding hydrogens is 889 g/mol. The highest BCUT2D eigenvalue weighted by atomic mass is 32.2. The van der Waals surface area contributed by atoms with E-state index in [0.717, 1.165) is 33.8 Å². The van der Waals surface area contributed by atoms with E-state index in [-0.39, 0.29) is 5.41 Å². The fraction of sp³-hybridized carbons (Fsp3) is 0.0926. The van der Waals surface area contributed by atoms with Crippen LogP contribution in [0.25, 0.3) is 71.3 Å². The van der Waals surface area contributed by atoms with Gasteiger partial charge in [-0.05, 0) is 60.0 Å². The SMILES string of the molecule is C=CC(=O)Oc1ccc2cccc(OCC(CSc3cccc4c3sc3ccccc34)(CSc3cccc4c3sc3ccccc34)CSc3cccc4c3sc3ccccc34)c2c1. The molecule has 0 fully saturated rings. The Morgan fingerprint density at radius 2 is 0.952 bits per heavy atom. The van der Waals surface area contributed by atoms with E-state index in [1.165, 1.54) is 81.3 Å². The highest BCUT2D eigenvalue weighted by Gasteiger charge is 2.34. The molecule has 0 bridgehead atoms. The molecule has 0 amide bonds. The van der Waals surface area contributed by atoms with Gasteiger partial charge in [0.05, 0.1) is 6.61 Å². The van der Waals surface area contributed by atoms with Crippen molar-refractivity contribution in [2.45, 2.75) is 14.7 Å². The molecule has 308 valence electrons. The average molecular weight is 927 g/mol. The normalized spacial score (nSPS) is 12.1. The molecule has 9 heteroatoms. The molecule has 0 atom stereocenters. The van der Waals surface area contributed by atoms with Gasteiger partial charge in [-0.15, -0.1) is 69.3 Å². The lowest BCUT2D eigenvalue weighted by molar-refractivity contribution is -0.128. The van der Waals surface area contributed by atoms with Crippen LogP contribution in [0.15, 0.2) is 191 Å². The average Bonchev–Trinajstić information content (AvgIpc) is 4.03. The van der Waals surface area contributed by atoms with E-state index >= 15 is 0 Å². The van der Waals surface area contributed by atoms with Gasteiger partial charge in [0.25, 0.3) is 0 Å². The maximum Gasteiger partial charge on any atom is 0.335 e. The third-order valence-electron chi connectivity index (χ3n) is 11.4. The first-order valence-electron chi connectivity index (χ1n) is 20.6. The smallest absolute Gasteiger partial charge is 0.335 e. The lowest BCUT2D eigenvalue weighted by atomic mass is 9.97. The highest BCUT2D eigenvalue weighted by Crippen LogP contribution is 2.48. The van der Waals surface area contributed by atoms with Crippen LogP contribution in [0.5, 0.6) is 11.5 Å². The van der Waals surface area contributed by atoms with Crippen molar-refractivity contribution in [1.82, 2.24) is 0 Å². The van der Waals surface area contributed by atoms with Crippen molar-refractivity contribution >= 4 is 147 Å². The largest absolute Gasteiger partial charge is 0.492 e. The zero-order chi connectivity index (χ0) is 42.3. The van der Waals surface area contributed by atoms with E-state index in [9.17, 15) is 4.79 Å². The molecule has 0 unspecified atom stereocenters. The Morgan fingerprint density at radius 1 is 0.508 bits per heavy atom. The zero-order valence-electron chi connectivity index (χ0n) is 33.9. The van der Waals surface area contributed by atoms with E-state index in [0.29, 0.717) is 12.4 Å². The van der Waals surface area contributed by atoms with E-state index in [2.05, 4.69) is 140 Å². The molecule has 11 aromatic rings. The number of carbonyl (C=O) groups is 1. The lowest BCUT2D eigenvalue weighted by Gasteiger charge is -2.33. The number of hydrogen-bond acceptors (Lipinski definition) is 9. The number of benzene rings is 8. The summed E-state index contributed by atoms with van der Waals surface area (Å²) in [5, 5.41) is 9.76. The van der Waals surface area contributed by atoms with Gasteiger partial charge in [0.2, 0.25) is 0 Å². The molecular formula is C54H38O3S6. The predicted molar refractivity (Wildman–Crippen MR) is 278 cm³/mol. The van der Waals surface area contributed by atoms with Crippen molar-refractivity contribution in [2.75, 3.05) is 23.9 Å². The number of ether oxygens (including phenoxy) is 2. The second-order valence-electron chi connectivity index (χ2n) is 15.6. The van der Waals surface area contributed by atoms with Crippen molar-refractivity contribution in [1.29, 1.82) is 0 Å². The Balaban J connectivity index is 1.02. The minimum Gasteiger partial charge on any atom is -0.492 e. The fourth-order valence-corrected chi connectivity index (χ4v) is 16.4. The molecule has 0 N–H and O–H groups in total. The standard InChI is InChI=1S/C54H38O3S6/c1-2-50(55)57-35-28-27-34-13-9-20-43(42(34)29-35)56-30-54(31-58-47-24-10-17-39-36-14-3-6-21-44(36)61-51(39)47,32-59-48-25-11-18-40-37-15-4-7-22-45(37)62-52(40)48)33-60-49-26-12-19-41-38-16-5-8-23-46(38)63-53(41)49/h2-29H,1,30-33H2. The van der Waals surface area contributed by atoms with E-state index in [4.69, 9.17) is 9.47 Å². The predicted octanol–water partition coefficient (Wildman–Crippen LogP) is 16.8. The van der Waals surface area contributed by atoms with Crippen LogP contribution in [-0.2, 0) is 4.79 Å². The molecule has 8 aromatic carbocycles. The first kappa shape index (κ1) is 40.5. The van der Waals surface area contributed by atoms with Crippen molar-refractivity contribution in [3.05, 3.63) is 176 Å². The zero-order valence-corrected chi connectivity index (χ0v) is 38.8. The van der Waals surface area contributed by atoms with E-state index in [1.807, 2.05) is 99.6 Å². The fourth-order valence-electron chi connectivity index (χ4n) is 8.25. The summed E-state index contributed by atoms with van der Waals surface area (Å²) in [6.45, 7) is 4.07. The van der Waals surface area contributed by atoms with Crippen LogP contribution < -0.4 is 9.47 Å². The molecule has 3 nitrogen and oxygen atoms in total. The van der Waals surface area contributed by atoms with Gasteiger partial charge in [-0.1, -0.05) is 116 Å². The number of carbonyl (C=O) groups excluding carboxylic acids is 1. The van der Waals surface area contributed by atoms with Crippen molar-refractivity contribution < 1.29 is 14.3 Å². The quantitative estimate of drug-likeness (QED) is 0.0468. The first-order chi connectivity index (χ1) is 31.0. The Kier molecular flexibility index (Phi) is 11.2. The van der Waals surface area contributed by atoms with E-state index < -0.39 is 5.97 Å². The Hall–Kier alpha value is -5.26. The van der Waals surface area contributed by atoms with Crippen LogP contribution in [0.2, 0.25) is 0 Å². The summed E-state index contributed by atoms with van der Waals surface area (Å²) < 4.78 is 20.7. The highest BCUT2D eigenvalue weighted by molar-refractivity contribution is 8.01. The lowest BCUT2D eigenvalue weighted by Crippen LogP contribution is -2.37. The number of hydrogen-bond donors (Lipinski definition) is 0. The molecule has 11 rings (SSSR count). The number of rotatable bonds is 14. The topological polar surface area (TPSA) is 35.5 Å². The molecule has 0 aliphatic rings. The second kappa shape index (κ2) is 17.4. The summed E-state index contributed by atoms with van der Waals surface area (Å²) in [5.74, 6) is 3.22. The molecule has 0 radical (unpaired) electrons. The molecule has 0 saturated heterocycles. The molecule has 3 heterocycles. The molecule has 63 heavy (non-hydrogen) atoms. The summed E-state index contributed by atoms with van der Waals surface area (Å²) in [6.07, 6.45) is 1.19. The van der Waals surface area contributed by atoms with Crippen LogP contribution in [0, 0.1) is 5.41 Å². The molecule has 0 aliphatic carbocycles. The van der Waals surface area contributed by atoms with Gasteiger partial charge in [-0.2, -0.15) is 0 Å². The van der Waals surface area contributed by atoms with Crippen LogP contribution in [0.4, 0.5) is 0 Å². The Labute approximate surface area is 389 Å². The molecule has 3 aromatic heterocycles. The third kappa shape index (κ3) is 7.90. The van der Waals surface area contributed by atoms with Crippen LogP contribution in [-0.4, -0.2) is 29.8 Å². The van der Waals surface area contributed by atoms with Gasteiger partial charge in [0.15, 0.2) is 0 Å². The van der Waals surface area contributed by atoms with Crippen molar-refractivity contribution in [3.8, 4) is 11.5 Å². The number of thiophene rings is 3. The summed E-state index contributed by atoms with van der Waals surface area (Å²) >= 11 is 11.5. The van der Waals surface area contributed by atoms with Crippen molar-refractivity contribution in [3.63, 3.8) is 0 Å². The minimum absolute atomic E-state index is 0.328. The Morgan fingerprint density at radius 3 is 1.43 bits per heavy atom. The molecule has 0 aliphatic heterocycles. The molecule has 0 spiro atoms. The van der Waals surface area contributed by atoms with E-state index in [1.54, 1.807) is 0 Å².